The molecular formula is C12H25NO. The van der Waals surface area contributed by atoms with Crippen molar-refractivity contribution < 1.29 is 5.11 Å². The molecule has 1 aliphatic heterocycles. The Hall–Kier alpha value is -0.0800. The Balaban J connectivity index is 0.000000461. The van der Waals surface area contributed by atoms with Crippen molar-refractivity contribution in [1.29, 1.82) is 0 Å². The van der Waals surface area contributed by atoms with E-state index < -0.39 is 0 Å². The summed E-state index contributed by atoms with van der Waals surface area (Å²) in [4.78, 5) is 2.38. The first-order valence-corrected chi connectivity index (χ1v) is 5.99. The van der Waals surface area contributed by atoms with Gasteiger partial charge in [0.1, 0.15) is 0 Å². The maximum absolute atomic E-state index is 9.41. The van der Waals surface area contributed by atoms with Gasteiger partial charge in [0.15, 0.2) is 0 Å². The maximum Gasteiger partial charge on any atom is 0.0615 e. The molecule has 84 valence electrons. The van der Waals surface area contributed by atoms with E-state index in [2.05, 4.69) is 18.9 Å². The van der Waals surface area contributed by atoms with Crippen LogP contribution >= 0.6 is 0 Å². The summed E-state index contributed by atoms with van der Waals surface area (Å²) in [6, 6.07) is 0. The fraction of sp³-hybridized carbons (Fsp3) is 1.00. The monoisotopic (exact) mass is 199 g/mol. The third kappa shape index (κ3) is 1.82. The van der Waals surface area contributed by atoms with Gasteiger partial charge in [0, 0.05) is 12.1 Å². The van der Waals surface area contributed by atoms with Crippen LogP contribution in [-0.4, -0.2) is 35.7 Å². The lowest BCUT2D eigenvalue weighted by Crippen LogP contribution is -2.43. The van der Waals surface area contributed by atoms with Crippen LogP contribution in [0.1, 0.15) is 46.5 Å². The lowest BCUT2D eigenvalue weighted by molar-refractivity contribution is 0.0802. The number of aliphatic hydroxyl groups excluding tert-OH is 1. The average molecular weight is 199 g/mol. The highest BCUT2D eigenvalue weighted by Gasteiger charge is 2.56. The summed E-state index contributed by atoms with van der Waals surface area (Å²) >= 11 is 0. The van der Waals surface area contributed by atoms with Crippen LogP contribution < -0.4 is 0 Å². The van der Waals surface area contributed by atoms with Gasteiger partial charge in [-0.3, -0.25) is 4.90 Å². The SMILES string of the molecule is CC.CCC1(CO)CC2(CC2)CN1C. The predicted octanol–water partition coefficient (Wildman–Crippen LogP) is 2.27. The van der Waals surface area contributed by atoms with Crippen LogP contribution in [-0.2, 0) is 0 Å². The van der Waals surface area contributed by atoms with Crippen molar-refractivity contribution in [2.45, 2.75) is 52.0 Å². The topological polar surface area (TPSA) is 23.5 Å². The van der Waals surface area contributed by atoms with E-state index in [-0.39, 0.29) is 5.54 Å². The Morgan fingerprint density at radius 3 is 2.07 bits per heavy atom. The molecule has 0 aromatic carbocycles. The van der Waals surface area contributed by atoms with Crippen molar-refractivity contribution in [3.8, 4) is 0 Å². The van der Waals surface area contributed by atoms with Gasteiger partial charge in [0.2, 0.25) is 0 Å². The Labute approximate surface area is 88.3 Å². The number of likely N-dealkylation sites (tertiary alicyclic amines) is 1. The highest BCUT2D eigenvalue weighted by molar-refractivity contribution is 5.10. The summed E-state index contributed by atoms with van der Waals surface area (Å²) in [5.41, 5.74) is 0.740. The van der Waals surface area contributed by atoms with E-state index in [4.69, 9.17) is 0 Å². The van der Waals surface area contributed by atoms with Gasteiger partial charge in [-0.1, -0.05) is 20.8 Å². The van der Waals surface area contributed by atoms with E-state index in [9.17, 15) is 5.11 Å². The molecule has 1 unspecified atom stereocenters. The zero-order valence-electron chi connectivity index (χ0n) is 10.1. The number of hydrogen-bond donors (Lipinski definition) is 1. The van der Waals surface area contributed by atoms with Gasteiger partial charge in [0.05, 0.1) is 6.61 Å². The molecule has 2 fully saturated rings. The molecule has 0 bridgehead atoms. The molecule has 2 rings (SSSR count). The van der Waals surface area contributed by atoms with Crippen molar-refractivity contribution in [2.24, 2.45) is 5.41 Å². The summed E-state index contributed by atoms with van der Waals surface area (Å²) in [6.45, 7) is 7.73. The zero-order valence-corrected chi connectivity index (χ0v) is 10.1. The standard InChI is InChI=1S/C10H19NO.C2H6/c1-3-10(8-12)6-9(4-5-9)7-11(10)2;1-2/h12H,3-8H2,1-2H3;1-2H3. The minimum atomic E-state index is 0.122. The van der Waals surface area contributed by atoms with Crippen LogP contribution in [0.5, 0.6) is 0 Å². The van der Waals surface area contributed by atoms with Crippen LogP contribution in [0.2, 0.25) is 0 Å². The van der Waals surface area contributed by atoms with Crippen molar-refractivity contribution in [3.63, 3.8) is 0 Å². The molecule has 1 saturated heterocycles. The molecule has 1 spiro atoms. The quantitative estimate of drug-likeness (QED) is 0.737. The molecule has 0 aromatic rings. The second kappa shape index (κ2) is 4.19. The number of likely N-dealkylation sites (N-methyl/N-ethyl adjacent to an activating group) is 1. The fourth-order valence-corrected chi connectivity index (χ4v) is 2.75. The Morgan fingerprint density at radius 1 is 1.29 bits per heavy atom. The van der Waals surface area contributed by atoms with Gasteiger partial charge in [-0.15, -0.1) is 0 Å². The van der Waals surface area contributed by atoms with E-state index in [0.29, 0.717) is 12.0 Å². The van der Waals surface area contributed by atoms with Crippen molar-refractivity contribution >= 4 is 0 Å². The molecule has 14 heavy (non-hydrogen) atoms. The molecule has 2 nitrogen and oxygen atoms in total. The molecule has 0 aromatic heterocycles. The Kier molecular flexibility index (Phi) is 3.59. The molecule has 1 heterocycles. The molecule has 1 N–H and O–H groups in total. The lowest BCUT2D eigenvalue weighted by Gasteiger charge is -2.33. The molecule has 1 atom stereocenters. The lowest BCUT2D eigenvalue weighted by atomic mass is 9.89. The molecule has 2 heteroatoms. The average Bonchev–Trinajstić information content (AvgIpc) is 2.90. The highest BCUT2D eigenvalue weighted by Crippen LogP contribution is 2.58. The molecular weight excluding hydrogens is 174 g/mol. The molecule has 1 aliphatic carbocycles. The number of hydrogen-bond acceptors (Lipinski definition) is 2. The van der Waals surface area contributed by atoms with Gasteiger partial charge in [0.25, 0.3) is 0 Å². The van der Waals surface area contributed by atoms with E-state index in [0.717, 1.165) is 6.42 Å². The molecule has 2 aliphatic rings. The minimum absolute atomic E-state index is 0.122. The largest absolute Gasteiger partial charge is 0.394 e. The van der Waals surface area contributed by atoms with Crippen LogP contribution in [0.15, 0.2) is 0 Å². The Bertz CT molecular complexity index is 183. The van der Waals surface area contributed by atoms with Crippen molar-refractivity contribution in [2.75, 3.05) is 20.2 Å². The minimum Gasteiger partial charge on any atom is -0.394 e. The smallest absolute Gasteiger partial charge is 0.0615 e. The second-order valence-corrected chi connectivity index (χ2v) is 4.77. The molecule has 0 radical (unpaired) electrons. The fourth-order valence-electron chi connectivity index (χ4n) is 2.75. The van der Waals surface area contributed by atoms with Crippen LogP contribution in [0.3, 0.4) is 0 Å². The van der Waals surface area contributed by atoms with E-state index in [1.165, 1.54) is 25.8 Å². The number of rotatable bonds is 2. The third-order valence-corrected chi connectivity index (χ3v) is 4.00. The third-order valence-electron chi connectivity index (χ3n) is 4.00. The summed E-state index contributed by atoms with van der Waals surface area (Å²) in [5, 5.41) is 9.41. The number of nitrogens with zero attached hydrogens (tertiary/aromatic N) is 1. The molecule has 1 saturated carbocycles. The first-order valence-electron chi connectivity index (χ1n) is 5.99. The number of aliphatic hydroxyl groups is 1. The summed E-state index contributed by atoms with van der Waals surface area (Å²) in [5.74, 6) is 0. The van der Waals surface area contributed by atoms with Crippen LogP contribution in [0.4, 0.5) is 0 Å². The maximum atomic E-state index is 9.41. The first-order chi connectivity index (χ1) is 6.66. The van der Waals surface area contributed by atoms with E-state index in [1.54, 1.807) is 0 Å². The van der Waals surface area contributed by atoms with E-state index >= 15 is 0 Å². The van der Waals surface area contributed by atoms with Crippen LogP contribution in [0.25, 0.3) is 0 Å². The summed E-state index contributed by atoms with van der Waals surface area (Å²) in [7, 11) is 2.16. The predicted molar refractivity (Wildman–Crippen MR) is 60.4 cm³/mol. The Morgan fingerprint density at radius 2 is 1.86 bits per heavy atom. The zero-order chi connectivity index (χ0) is 10.8. The van der Waals surface area contributed by atoms with Gasteiger partial charge in [-0.05, 0) is 38.1 Å². The van der Waals surface area contributed by atoms with E-state index in [1.807, 2.05) is 13.8 Å². The summed E-state index contributed by atoms with van der Waals surface area (Å²) < 4.78 is 0. The highest BCUT2D eigenvalue weighted by atomic mass is 16.3. The van der Waals surface area contributed by atoms with Gasteiger partial charge in [-0.25, -0.2) is 0 Å². The van der Waals surface area contributed by atoms with Crippen molar-refractivity contribution in [3.05, 3.63) is 0 Å². The van der Waals surface area contributed by atoms with Crippen molar-refractivity contribution in [1.82, 2.24) is 4.90 Å². The normalized spacial score (nSPS) is 34.1. The molecule has 0 amide bonds. The first kappa shape index (κ1) is 12.0. The van der Waals surface area contributed by atoms with Gasteiger partial charge in [-0.2, -0.15) is 0 Å². The van der Waals surface area contributed by atoms with Gasteiger partial charge >= 0.3 is 0 Å². The second-order valence-electron chi connectivity index (χ2n) is 4.77. The van der Waals surface area contributed by atoms with Crippen LogP contribution in [0, 0.1) is 5.41 Å². The van der Waals surface area contributed by atoms with Gasteiger partial charge < -0.3 is 5.11 Å². The summed E-state index contributed by atoms with van der Waals surface area (Å²) in [6.07, 6.45) is 5.09.